The van der Waals surface area contributed by atoms with Gasteiger partial charge in [-0.05, 0) is 64.8 Å². The van der Waals surface area contributed by atoms with Crippen molar-refractivity contribution in [2.24, 2.45) is 0 Å². The summed E-state index contributed by atoms with van der Waals surface area (Å²) in [6.45, 7) is 13.5. The van der Waals surface area contributed by atoms with Crippen molar-refractivity contribution < 1.29 is 23.9 Å². The maximum Gasteiger partial charge on any atom is 0.408 e. The summed E-state index contributed by atoms with van der Waals surface area (Å²) >= 11 is 0. The minimum Gasteiger partial charge on any atom is -0.494 e. The summed E-state index contributed by atoms with van der Waals surface area (Å²) in [5.74, 6) is 0.876. The number of Topliss-reactive ketones (excluding diaryl/α,β-unsaturated/α-hetero) is 1. The SMILES string of the molecule is CCCCCC(=O)c1ccc(OCCCN2CCN(C(=O)[C@@H](C)NC(=O)OC(C)(C)C)CC2)cc1. The van der Waals surface area contributed by atoms with Gasteiger partial charge in [-0.2, -0.15) is 0 Å². The molecular formula is C27H43N3O5. The molecule has 1 atom stereocenters. The molecule has 0 bridgehead atoms. The number of hydrogen-bond acceptors (Lipinski definition) is 6. The first-order valence-electron chi connectivity index (χ1n) is 12.9. The van der Waals surface area contributed by atoms with E-state index < -0.39 is 17.7 Å². The number of rotatable bonds is 12. The maximum absolute atomic E-state index is 12.7. The van der Waals surface area contributed by atoms with Crippen LogP contribution in [0, 0.1) is 0 Å². The molecule has 1 fully saturated rings. The molecule has 8 nitrogen and oxygen atoms in total. The Balaban J connectivity index is 1.63. The largest absolute Gasteiger partial charge is 0.494 e. The van der Waals surface area contributed by atoms with E-state index in [2.05, 4.69) is 17.1 Å². The van der Waals surface area contributed by atoms with Crippen molar-refractivity contribution >= 4 is 17.8 Å². The van der Waals surface area contributed by atoms with Crippen LogP contribution in [0.1, 0.15) is 77.1 Å². The molecule has 35 heavy (non-hydrogen) atoms. The lowest BCUT2D eigenvalue weighted by Crippen LogP contribution is -2.54. The van der Waals surface area contributed by atoms with Gasteiger partial charge in [0.25, 0.3) is 0 Å². The third kappa shape index (κ3) is 10.7. The van der Waals surface area contributed by atoms with E-state index in [1.165, 1.54) is 0 Å². The van der Waals surface area contributed by atoms with Gasteiger partial charge in [-0.25, -0.2) is 4.79 Å². The van der Waals surface area contributed by atoms with Crippen LogP contribution in [0.2, 0.25) is 0 Å². The average Bonchev–Trinajstić information content (AvgIpc) is 2.81. The Morgan fingerprint density at radius 2 is 1.66 bits per heavy atom. The van der Waals surface area contributed by atoms with Crippen LogP contribution in [0.4, 0.5) is 4.79 Å². The molecule has 2 rings (SSSR count). The molecule has 1 saturated heterocycles. The summed E-state index contributed by atoms with van der Waals surface area (Å²) in [4.78, 5) is 40.8. The van der Waals surface area contributed by atoms with E-state index in [0.717, 1.165) is 56.6 Å². The molecule has 0 aromatic heterocycles. The number of amides is 2. The lowest BCUT2D eigenvalue weighted by atomic mass is 10.0. The molecule has 0 radical (unpaired) electrons. The predicted molar refractivity (Wildman–Crippen MR) is 137 cm³/mol. The highest BCUT2D eigenvalue weighted by atomic mass is 16.6. The Morgan fingerprint density at radius 1 is 1.00 bits per heavy atom. The monoisotopic (exact) mass is 489 g/mol. The highest BCUT2D eigenvalue weighted by Crippen LogP contribution is 2.15. The zero-order chi connectivity index (χ0) is 25.8. The van der Waals surface area contributed by atoms with Crippen LogP contribution in [0.25, 0.3) is 0 Å². The van der Waals surface area contributed by atoms with Gasteiger partial charge in [0.05, 0.1) is 6.61 Å². The molecule has 1 N–H and O–H groups in total. The Kier molecular flexibility index (Phi) is 11.5. The first-order valence-corrected chi connectivity index (χ1v) is 12.9. The standard InChI is InChI=1S/C27H43N3O5/c1-6-7-8-10-24(31)22-11-13-23(14-12-22)34-20-9-15-29-16-18-30(19-17-29)25(32)21(2)28-26(33)35-27(3,4)5/h11-14,21H,6-10,15-20H2,1-5H3,(H,28,33)/t21-/m1/s1. The molecule has 8 heteroatoms. The fraction of sp³-hybridized carbons (Fsp3) is 0.667. The van der Waals surface area contributed by atoms with E-state index in [9.17, 15) is 14.4 Å². The quantitative estimate of drug-likeness (QED) is 0.348. The van der Waals surface area contributed by atoms with Crippen LogP contribution in [-0.2, 0) is 9.53 Å². The molecule has 0 saturated carbocycles. The van der Waals surface area contributed by atoms with Crippen LogP contribution >= 0.6 is 0 Å². The third-order valence-corrected chi connectivity index (χ3v) is 5.86. The summed E-state index contributed by atoms with van der Waals surface area (Å²) in [6.07, 6.45) is 4.04. The summed E-state index contributed by atoms with van der Waals surface area (Å²) in [6, 6.07) is 6.80. The average molecular weight is 490 g/mol. The molecule has 1 aliphatic heterocycles. The smallest absolute Gasteiger partial charge is 0.408 e. The van der Waals surface area contributed by atoms with Crippen LogP contribution < -0.4 is 10.1 Å². The number of alkyl carbamates (subject to hydrolysis) is 1. The fourth-order valence-corrected chi connectivity index (χ4v) is 3.91. The normalized spacial score (nSPS) is 15.4. The van der Waals surface area contributed by atoms with Gasteiger partial charge in [-0.3, -0.25) is 14.5 Å². The fourth-order valence-electron chi connectivity index (χ4n) is 3.91. The first kappa shape index (κ1) is 28.6. The molecule has 0 spiro atoms. The molecule has 2 amide bonds. The van der Waals surface area contributed by atoms with Gasteiger partial charge < -0.3 is 19.7 Å². The van der Waals surface area contributed by atoms with Gasteiger partial charge >= 0.3 is 6.09 Å². The van der Waals surface area contributed by atoms with Gasteiger partial charge in [0, 0.05) is 44.7 Å². The van der Waals surface area contributed by atoms with E-state index in [-0.39, 0.29) is 11.7 Å². The zero-order valence-corrected chi connectivity index (χ0v) is 22.1. The van der Waals surface area contributed by atoms with E-state index in [0.29, 0.717) is 26.1 Å². The van der Waals surface area contributed by atoms with Crippen molar-refractivity contribution in [1.29, 1.82) is 0 Å². The molecule has 0 unspecified atom stereocenters. The summed E-state index contributed by atoms with van der Waals surface area (Å²) in [5.41, 5.74) is 0.148. The Labute approximate surface area is 210 Å². The summed E-state index contributed by atoms with van der Waals surface area (Å²) < 4.78 is 11.1. The number of nitrogens with zero attached hydrogens (tertiary/aromatic N) is 2. The molecule has 0 aliphatic carbocycles. The highest BCUT2D eigenvalue weighted by molar-refractivity contribution is 5.96. The number of piperazine rings is 1. The summed E-state index contributed by atoms with van der Waals surface area (Å²) in [5, 5.41) is 2.62. The molecule has 1 aromatic rings. The molecule has 1 aromatic carbocycles. The Morgan fingerprint density at radius 3 is 2.26 bits per heavy atom. The van der Waals surface area contributed by atoms with Gasteiger partial charge in [0.15, 0.2) is 5.78 Å². The van der Waals surface area contributed by atoms with Crippen LogP contribution in [0.3, 0.4) is 0 Å². The van der Waals surface area contributed by atoms with E-state index in [1.807, 2.05) is 24.3 Å². The summed E-state index contributed by atoms with van der Waals surface area (Å²) in [7, 11) is 0. The van der Waals surface area contributed by atoms with Gasteiger partial charge in [-0.1, -0.05) is 19.8 Å². The second-order valence-electron chi connectivity index (χ2n) is 10.1. The number of ether oxygens (including phenoxy) is 2. The van der Waals surface area contributed by atoms with Crippen molar-refractivity contribution in [3.05, 3.63) is 29.8 Å². The predicted octanol–water partition coefficient (Wildman–Crippen LogP) is 4.28. The van der Waals surface area contributed by atoms with Gasteiger partial charge in [-0.15, -0.1) is 0 Å². The molecule has 196 valence electrons. The zero-order valence-electron chi connectivity index (χ0n) is 22.1. The number of benzene rings is 1. The maximum atomic E-state index is 12.7. The highest BCUT2D eigenvalue weighted by Gasteiger charge is 2.27. The van der Waals surface area contributed by atoms with E-state index in [4.69, 9.17) is 9.47 Å². The topological polar surface area (TPSA) is 88.2 Å². The number of ketones is 1. The number of carbonyl (C=O) groups is 3. The van der Waals surface area contributed by atoms with E-state index >= 15 is 0 Å². The number of hydrogen-bond donors (Lipinski definition) is 1. The van der Waals surface area contributed by atoms with Crippen molar-refractivity contribution in [1.82, 2.24) is 15.1 Å². The van der Waals surface area contributed by atoms with Crippen molar-refractivity contribution in [3.8, 4) is 5.75 Å². The van der Waals surface area contributed by atoms with E-state index in [1.54, 1.807) is 32.6 Å². The lowest BCUT2D eigenvalue weighted by Gasteiger charge is -2.36. The number of unbranched alkanes of at least 4 members (excludes halogenated alkanes) is 2. The minimum atomic E-state index is -0.622. The number of carbonyl (C=O) groups excluding carboxylic acids is 3. The van der Waals surface area contributed by atoms with Crippen molar-refractivity contribution in [2.75, 3.05) is 39.3 Å². The van der Waals surface area contributed by atoms with Crippen LogP contribution in [0.15, 0.2) is 24.3 Å². The van der Waals surface area contributed by atoms with Crippen LogP contribution in [-0.4, -0.2) is 78.6 Å². The van der Waals surface area contributed by atoms with Crippen molar-refractivity contribution in [3.63, 3.8) is 0 Å². The second kappa shape index (κ2) is 14.1. The first-order chi connectivity index (χ1) is 16.6. The second-order valence-corrected chi connectivity index (χ2v) is 10.1. The molecule has 1 aliphatic rings. The molecular weight excluding hydrogens is 446 g/mol. The third-order valence-electron chi connectivity index (χ3n) is 5.86. The van der Waals surface area contributed by atoms with Gasteiger partial charge in [0.1, 0.15) is 17.4 Å². The Bertz CT molecular complexity index is 811. The Hall–Kier alpha value is -2.61. The van der Waals surface area contributed by atoms with Crippen molar-refractivity contribution in [2.45, 2.75) is 78.4 Å². The molecule has 1 heterocycles. The van der Waals surface area contributed by atoms with Crippen LogP contribution in [0.5, 0.6) is 5.75 Å². The minimum absolute atomic E-state index is 0.0915. The number of nitrogens with one attached hydrogen (secondary N) is 1. The lowest BCUT2D eigenvalue weighted by molar-refractivity contribution is -0.134. The van der Waals surface area contributed by atoms with Gasteiger partial charge in [0.2, 0.25) is 5.91 Å².